The molecule has 0 aliphatic rings. The summed E-state index contributed by atoms with van der Waals surface area (Å²) in [5, 5.41) is 9.20. The number of rotatable bonds is 2. The quantitative estimate of drug-likeness (QED) is 0.809. The average molecular weight is 376 g/mol. The summed E-state index contributed by atoms with van der Waals surface area (Å²) >= 11 is 3.50. The van der Waals surface area contributed by atoms with E-state index in [2.05, 4.69) is 36.7 Å². The van der Waals surface area contributed by atoms with Crippen molar-refractivity contribution < 1.29 is 9.53 Å². The molecular weight excluding hydrogens is 358 g/mol. The van der Waals surface area contributed by atoms with Gasteiger partial charge < -0.3 is 15.0 Å². The number of halogens is 1. The van der Waals surface area contributed by atoms with E-state index >= 15 is 0 Å². The molecule has 2 N–H and O–H groups in total. The molecule has 0 bridgehead atoms. The first kappa shape index (κ1) is 17.1. The molecule has 0 radical (unpaired) electrons. The van der Waals surface area contributed by atoms with Gasteiger partial charge in [0, 0.05) is 10.7 Å². The second-order valence-corrected chi connectivity index (χ2v) is 7.05. The fraction of sp³-hybridized carbons (Fsp3) is 0.294. The molecule has 1 aromatic heterocycles. The van der Waals surface area contributed by atoms with Crippen molar-refractivity contribution in [2.24, 2.45) is 0 Å². The van der Waals surface area contributed by atoms with Gasteiger partial charge in [0.2, 0.25) is 0 Å². The lowest BCUT2D eigenvalue weighted by Crippen LogP contribution is -2.14. The fourth-order valence-electron chi connectivity index (χ4n) is 2.27. The van der Waals surface area contributed by atoms with Gasteiger partial charge in [-0.2, -0.15) is 5.26 Å². The number of esters is 1. The molecule has 0 spiro atoms. The third-order valence-electron chi connectivity index (χ3n) is 3.62. The van der Waals surface area contributed by atoms with E-state index < -0.39 is 5.97 Å². The number of ether oxygens (including phenoxy) is 1. The van der Waals surface area contributed by atoms with E-state index in [1.807, 2.05) is 24.3 Å². The van der Waals surface area contributed by atoms with Gasteiger partial charge in [-0.1, -0.05) is 26.8 Å². The van der Waals surface area contributed by atoms with Crippen molar-refractivity contribution in [3.63, 3.8) is 0 Å². The molecule has 23 heavy (non-hydrogen) atoms. The van der Waals surface area contributed by atoms with Gasteiger partial charge in [-0.15, -0.1) is 0 Å². The summed E-state index contributed by atoms with van der Waals surface area (Å²) < 4.78 is 7.19. The van der Waals surface area contributed by atoms with E-state index in [1.165, 1.54) is 7.11 Å². The average Bonchev–Trinajstić information content (AvgIpc) is 2.82. The van der Waals surface area contributed by atoms with Gasteiger partial charge in [-0.05, 0) is 39.0 Å². The van der Waals surface area contributed by atoms with Crippen molar-refractivity contribution in [1.29, 1.82) is 5.26 Å². The molecule has 0 aliphatic carbocycles. The highest BCUT2D eigenvalue weighted by molar-refractivity contribution is 9.10. The lowest BCUT2D eigenvalue weighted by atomic mass is 9.87. The second-order valence-electron chi connectivity index (χ2n) is 6.19. The minimum atomic E-state index is -0.586. The number of nitrogens with two attached hydrogens (primary N) is 1. The Morgan fingerprint density at radius 3 is 2.57 bits per heavy atom. The Hall–Kier alpha value is -2.26. The molecule has 2 rings (SSSR count). The van der Waals surface area contributed by atoms with Crippen LogP contribution in [0.15, 0.2) is 28.9 Å². The number of carbonyl (C=O) groups is 1. The van der Waals surface area contributed by atoms with Gasteiger partial charge in [0.05, 0.1) is 24.0 Å². The van der Waals surface area contributed by atoms with E-state index in [0.29, 0.717) is 0 Å². The monoisotopic (exact) mass is 375 g/mol. The first-order chi connectivity index (χ1) is 10.7. The lowest BCUT2D eigenvalue weighted by molar-refractivity contribution is 0.0593. The van der Waals surface area contributed by atoms with Gasteiger partial charge in [0.15, 0.2) is 5.69 Å². The smallest absolute Gasteiger partial charge is 0.357 e. The number of hydrogen-bond acceptors (Lipinski definition) is 4. The highest BCUT2D eigenvalue weighted by Crippen LogP contribution is 2.32. The number of carbonyl (C=O) groups excluding carboxylic acids is 1. The van der Waals surface area contributed by atoms with Crippen LogP contribution < -0.4 is 5.73 Å². The molecule has 0 saturated carbocycles. The topological polar surface area (TPSA) is 81.0 Å². The molecule has 0 fully saturated rings. The molecule has 1 heterocycles. The highest BCUT2D eigenvalue weighted by atomic mass is 79.9. The Balaban J connectivity index is 2.77. The maximum Gasteiger partial charge on any atom is 0.357 e. The number of benzene rings is 1. The van der Waals surface area contributed by atoms with Crippen molar-refractivity contribution in [3.05, 3.63) is 45.7 Å². The SMILES string of the molecule is COC(=O)c1c(N)c(C#N)cn1-c1cc(C(C)(C)C)ccc1Br. The third-order valence-corrected chi connectivity index (χ3v) is 4.29. The Morgan fingerprint density at radius 1 is 1.39 bits per heavy atom. The number of nitrogen functional groups attached to an aromatic ring is 1. The van der Waals surface area contributed by atoms with Gasteiger partial charge in [-0.25, -0.2) is 4.79 Å². The van der Waals surface area contributed by atoms with Crippen LogP contribution in [-0.4, -0.2) is 17.6 Å². The van der Waals surface area contributed by atoms with Crippen molar-refractivity contribution in [3.8, 4) is 11.8 Å². The molecule has 0 atom stereocenters. The van der Waals surface area contributed by atoms with E-state index in [1.54, 1.807) is 10.8 Å². The van der Waals surface area contributed by atoms with Crippen LogP contribution in [0.5, 0.6) is 0 Å². The number of hydrogen-bond donors (Lipinski definition) is 1. The Labute approximate surface area is 143 Å². The van der Waals surface area contributed by atoms with Crippen LogP contribution in [0.3, 0.4) is 0 Å². The van der Waals surface area contributed by atoms with Gasteiger partial charge in [0.1, 0.15) is 6.07 Å². The number of nitrogens with zero attached hydrogens (tertiary/aromatic N) is 2. The number of nitriles is 1. The van der Waals surface area contributed by atoms with E-state index in [0.717, 1.165) is 15.7 Å². The maximum absolute atomic E-state index is 12.1. The van der Waals surface area contributed by atoms with Crippen LogP contribution in [0.2, 0.25) is 0 Å². The molecule has 0 unspecified atom stereocenters. The second kappa shape index (κ2) is 6.09. The van der Waals surface area contributed by atoms with Crippen molar-refractivity contribution in [1.82, 2.24) is 4.57 Å². The predicted octanol–water partition coefficient (Wildman–Crippen LogP) is 3.78. The minimum absolute atomic E-state index is 0.0579. The van der Waals surface area contributed by atoms with Crippen LogP contribution >= 0.6 is 15.9 Å². The summed E-state index contributed by atoms with van der Waals surface area (Å²) in [6, 6.07) is 7.90. The number of methoxy groups -OCH3 is 1. The van der Waals surface area contributed by atoms with Crippen LogP contribution in [-0.2, 0) is 10.2 Å². The molecule has 0 aliphatic heterocycles. The first-order valence-corrected chi connectivity index (χ1v) is 7.79. The van der Waals surface area contributed by atoms with Gasteiger partial charge in [0.25, 0.3) is 0 Å². The van der Waals surface area contributed by atoms with Gasteiger partial charge >= 0.3 is 5.97 Å². The zero-order chi connectivity index (χ0) is 17.4. The van der Waals surface area contributed by atoms with Crippen LogP contribution in [0, 0.1) is 11.3 Å². The largest absolute Gasteiger partial charge is 0.464 e. The van der Waals surface area contributed by atoms with Crippen LogP contribution in [0.1, 0.15) is 42.4 Å². The lowest BCUT2D eigenvalue weighted by Gasteiger charge is -2.21. The molecule has 6 heteroatoms. The Kier molecular flexibility index (Phi) is 4.53. The van der Waals surface area contributed by atoms with Crippen molar-refractivity contribution in [2.45, 2.75) is 26.2 Å². The van der Waals surface area contributed by atoms with E-state index in [4.69, 9.17) is 10.5 Å². The molecular formula is C17H18BrN3O2. The molecule has 5 nitrogen and oxygen atoms in total. The van der Waals surface area contributed by atoms with Crippen LogP contribution in [0.4, 0.5) is 5.69 Å². The van der Waals surface area contributed by atoms with E-state index in [9.17, 15) is 10.1 Å². The maximum atomic E-state index is 12.1. The summed E-state index contributed by atoms with van der Waals surface area (Å²) in [4.78, 5) is 12.1. The summed E-state index contributed by atoms with van der Waals surface area (Å²) in [7, 11) is 1.28. The predicted molar refractivity (Wildman–Crippen MR) is 92.6 cm³/mol. The Morgan fingerprint density at radius 2 is 2.04 bits per heavy atom. The molecule has 0 saturated heterocycles. The summed E-state index contributed by atoms with van der Waals surface area (Å²) in [5.41, 5.74) is 8.21. The first-order valence-electron chi connectivity index (χ1n) is 7.00. The van der Waals surface area contributed by atoms with E-state index in [-0.39, 0.29) is 22.4 Å². The Bertz CT molecular complexity index is 810. The molecule has 120 valence electrons. The number of aromatic nitrogens is 1. The third kappa shape index (κ3) is 3.10. The molecule has 1 aromatic carbocycles. The van der Waals surface area contributed by atoms with Crippen molar-refractivity contribution in [2.75, 3.05) is 12.8 Å². The summed E-state index contributed by atoms with van der Waals surface area (Å²) in [5.74, 6) is -0.586. The zero-order valence-corrected chi connectivity index (χ0v) is 15.1. The summed E-state index contributed by atoms with van der Waals surface area (Å²) in [6.45, 7) is 6.31. The standard InChI is InChI=1S/C17H18BrN3O2/c1-17(2,3)11-5-6-12(18)13(7-11)21-9-10(8-19)14(20)15(21)16(22)23-4/h5-7,9H,20H2,1-4H3. The zero-order valence-electron chi connectivity index (χ0n) is 13.5. The summed E-state index contributed by atoms with van der Waals surface area (Å²) in [6.07, 6.45) is 1.55. The van der Waals surface area contributed by atoms with Crippen molar-refractivity contribution >= 4 is 27.6 Å². The highest BCUT2D eigenvalue weighted by Gasteiger charge is 2.24. The number of anilines is 1. The van der Waals surface area contributed by atoms with Crippen LogP contribution in [0.25, 0.3) is 5.69 Å². The molecule has 2 aromatic rings. The normalized spacial score (nSPS) is 11.1. The fourth-order valence-corrected chi connectivity index (χ4v) is 2.71. The van der Waals surface area contributed by atoms with Gasteiger partial charge in [-0.3, -0.25) is 0 Å². The molecule has 0 amide bonds. The minimum Gasteiger partial charge on any atom is -0.464 e.